The molecule has 8 heteroatoms. The molecule has 5 N–H and O–H groups in total. The van der Waals surface area contributed by atoms with Gasteiger partial charge in [0.15, 0.2) is 0 Å². The zero-order valence-electron chi connectivity index (χ0n) is 16.6. The lowest BCUT2D eigenvalue weighted by Gasteiger charge is -2.23. The van der Waals surface area contributed by atoms with E-state index in [-0.39, 0.29) is 31.6 Å². The Morgan fingerprint density at radius 3 is 2.26 bits per heavy atom. The predicted octanol–water partition coefficient (Wildman–Crippen LogP) is 1.60. The lowest BCUT2D eigenvalue weighted by molar-refractivity contribution is -0.119. The Balaban J connectivity index is 4.11. The summed E-state index contributed by atoms with van der Waals surface area (Å²) in [4.78, 5) is 33.4. The number of alkyl carbamates (subject to hydrolysis) is 1. The monoisotopic (exact) mass is 383 g/mol. The van der Waals surface area contributed by atoms with Crippen molar-refractivity contribution in [3.8, 4) is 11.8 Å². The van der Waals surface area contributed by atoms with Crippen LogP contribution >= 0.6 is 0 Å². The van der Waals surface area contributed by atoms with Crippen LogP contribution in [0.5, 0.6) is 0 Å². The van der Waals surface area contributed by atoms with Crippen LogP contribution in [0.3, 0.4) is 0 Å². The molecule has 0 saturated heterocycles. The maximum absolute atomic E-state index is 11.9. The maximum Gasteiger partial charge on any atom is 0.407 e. The second-order valence-electron chi connectivity index (χ2n) is 7.24. The summed E-state index contributed by atoms with van der Waals surface area (Å²) in [5.74, 6) is 5.17. The molecular weight excluding hydrogens is 350 g/mol. The Bertz CT molecular complexity index is 532. The van der Waals surface area contributed by atoms with Gasteiger partial charge in [-0.15, -0.1) is 5.92 Å². The second kappa shape index (κ2) is 13.9. The SMILES string of the molecule is CC(C)(C)OC(=O)N[C@@H](CCC(N)=O)COCC#CCCCCCC(N)=O. The molecule has 0 unspecified atom stereocenters. The predicted molar refractivity (Wildman–Crippen MR) is 102 cm³/mol. The van der Waals surface area contributed by atoms with E-state index >= 15 is 0 Å². The first-order valence-electron chi connectivity index (χ1n) is 9.19. The number of carbonyl (C=O) groups excluding carboxylic acids is 3. The van der Waals surface area contributed by atoms with Crippen LogP contribution in [-0.4, -0.2) is 42.8 Å². The largest absolute Gasteiger partial charge is 0.444 e. The van der Waals surface area contributed by atoms with Crippen molar-refractivity contribution in [1.82, 2.24) is 5.32 Å². The summed E-state index contributed by atoms with van der Waals surface area (Å²) >= 11 is 0. The third kappa shape index (κ3) is 18.3. The lowest BCUT2D eigenvalue weighted by atomic mass is 10.1. The zero-order chi connectivity index (χ0) is 20.7. The Labute approximate surface area is 161 Å². The summed E-state index contributed by atoms with van der Waals surface area (Å²) in [6, 6.07) is -0.386. The van der Waals surface area contributed by atoms with Crippen LogP contribution in [0, 0.1) is 11.8 Å². The van der Waals surface area contributed by atoms with Crippen LogP contribution in [0.15, 0.2) is 0 Å². The van der Waals surface area contributed by atoms with E-state index in [2.05, 4.69) is 17.2 Å². The van der Waals surface area contributed by atoms with Gasteiger partial charge in [-0.25, -0.2) is 4.79 Å². The third-order valence-corrected chi connectivity index (χ3v) is 3.30. The highest BCUT2D eigenvalue weighted by Gasteiger charge is 2.20. The fourth-order valence-electron chi connectivity index (χ4n) is 2.07. The number of hydrogen-bond acceptors (Lipinski definition) is 5. The first-order valence-corrected chi connectivity index (χ1v) is 9.19. The van der Waals surface area contributed by atoms with Crippen molar-refractivity contribution in [1.29, 1.82) is 0 Å². The van der Waals surface area contributed by atoms with Crippen LogP contribution in [0.4, 0.5) is 4.79 Å². The van der Waals surface area contributed by atoms with Crippen molar-refractivity contribution in [2.75, 3.05) is 13.2 Å². The van der Waals surface area contributed by atoms with Gasteiger partial charge in [0, 0.05) is 19.3 Å². The van der Waals surface area contributed by atoms with E-state index in [1.54, 1.807) is 20.8 Å². The highest BCUT2D eigenvalue weighted by atomic mass is 16.6. The van der Waals surface area contributed by atoms with Gasteiger partial charge in [-0.1, -0.05) is 12.3 Å². The van der Waals surface area contributed by atoms with Crippen molar-refractivity contribution in [3.05, 3.63) is 0 Å². The molecule has 0 fully saturated rings. The molecule has 154 valence electrons. The first kappa shape index (κ1) is 24.7. The molecule has 0 rings (SSSR count). The second-order valence-corrected chi connectivity index (χ2v) is 7.24. The lowest BCUT2D eigenvalue weighted by Crippen LogP contribution is -2.42. The molecule has 27 heavy (non-hydrogen) atoms. The van der Waals surface area contributed by atoms with E-state index in [1.165, 1.54) is 0 Å². The summed E-state index contributed by atoms with van der Waals surface area (Å²) in [7, 11) is 0. The van der Waals surface area contributed by atoms with Crippen molar-refractivity contribution in [2.45, 2.75) is 77.4 Å². The molecule has 8 nitrogen and oxygen atoms in total. The van der Waals surface area contributed by atoms with Crippen LogP contribution in [0.25, 0.3) is 0 Å². The van der Waals surface area contributed by atoms with Crippen LogP contribution in [0.1, 0.15) is 65.7 Å². The number of hydrogen-bond donors (Lipinski definition) is 3. The zero-order valence-corrected chi connectivity index (χ0v) is 16.6. The summed E-state index contributed by atoms with van der Waals surface area (Å²) in [6.45, 7) is 5.74. The quantitative estimate of drug-likeness (QED) is 0.348. The molecule has 0 heterocycles. The summed E-state index contributed by atoms with van der Waals surface area (Å²) < 4.78 is 10.7. The van der Waals surface area contributed by atoms with E-state index in [4.69, 9.17) is 20.9 Å². The van der Waals surface area contributed by atoms with Gasteiger partial charge in [0.25, 0.3) is 0 Å². The van der Waals surface area contributed by atoms with Gasteiger partial charge >= 0.3 is 6.09 Å². The van der Waals surface area contributed by atoms with Gasteiger partial charge in [0.05, 0.1) is 12.6 Å². The molecular formula is C19H33N3O5. The van der Waals surface area contributed by atoms with E-state index in [1.807, 2.05) is 0 Å². The Kier molecular flexibility index (Phi) is 12.7. The number of amides is 3. The average molecular weight is 383 g/mol. The van der Waals surface area contributed by atoms with Gasteiger partial charge in [0.2, 0.25) is 11.8 Å². The molecule has 3 amide bonds. The Morgan fingerprint density at radius 2 is 1.67 bits per heavy atom. The Morgan fingerprint density at radius 1 is 1.00 bits per heavy atom. The standard InChI is InChI=1S/C19H33N3O5/c1-19(2,3)27-18(25)22-15(11-12-17(21)24)14-26-13-9-7-5-4-6-8-10-16(20)23/h15H,4-6,8,10-14H2,1-3H3,(H2,20,23)(H2,21,24)(H,22,25)/t15-/m0/s1. The highest BCUT2D eigenvalue weighted by Crippen LogP contribution is 2.08. The summed E-state index contributed by atoms with van der Waals surface area (Å²) in [6.07, 6.45) is 3.67. The average Bonchev–Trinajstić information content (AvgIpc) is 2.51. The molecule has 0 aliphatic carbocycles. The van der Waals surface area contributed by atoms with Gasteiger partial charge in [-0.05, 0) is 40.0 Å². The molecule has 0 aromatic rings. The topological polar surface area (TPSA) is 134 Å². The fourth-order valence-corrected chi connectivity index (χ4v) is 2.07. The minimum Gasteiger partial charge on any atom is -0.444 e. The molecule has 0 aromatic heterocycles. The van der Waals surface area contributed by atoms with Crippen molar-refractivity contribution >= 4 is 17.9 Å². The van der Waals surface area contributed by atoms with Gasteiger partial charge < -0.3 is 26.3 Å². The van der Waals surface area contributed by atoms with Crippen molar-refractivity contribution < 1.29 is 23.9 Å². The molecule has 1 atom stereocenters. The number of rotatable bonds is 12. The molecule has 0 aliphatic heterocycles. The van der Waals surface area contributed by atoms with E-state index in [9.17, 15) is 14.4 Å². The number of nitrogens with two attached hydrogens (primary N) is 2. The van der Waals surface area contributed by atoms with Gasteiger partial charge in [-0.3, -0.25) is 9.59 Å². The molecule has 0 saturated carbocycles. The highest BCUT2D eigenvalue weighted by molar-refractivity contribution is 5.74. The third-order valence-electron chi connectivity index (χ3n) is 3.30. The van der Waals surface area contributed by atoms with E-state index < -0.39 is 17.6 Å². The minimum absolute atomic E-state index is 0.140. The smallest absolute Gasteiger partial charge is 0.407 e. The molecule has 0 aromatic carbocycles. The number of ether oxygens (including phenoxy) is 2. The van der Waals surface area contributed by atoms with Crippen molar-refractivity contribution in [3.63, 3.8) is 0 Å². The fraction of sp³-hybridized carbons (Fsp3) is 0.737. The van der Waals surface area contributed by atoms with Crippen LogP contribution < -0.4 is 16.8 Å². The number of carbonyl (C=O) groups is 3. The number of unbranched alkanes of at least 4 members (excludes halogenated alkanes) is 3. The Hall–Kier alpha value is -2.27. The normalized spacial score (nSPS) is 11.8. The maximum atomic E-state index is 11.9. The number of nitrogens with one attached hydrogen (secondary N) is 1. The minimum atomic E-state index is -0.609. The first-order chi connectivity index (χ1) is 12.6. The van der Waals surface area contributed by atoms with Crippen LogP contribution in [0.2, 0.25) is 0 Å². The van der Waals surface area contributed by atoms with Crippen LogP contribution in [-0.2, 0) is 19.1 Å². The summed E-state index contributed by atoms with van der Waals surface area (Å²) in [5, 5.41) is 2.68. The molecule has 0 aliphatic rings. The van der Waals surface area contributed by atoms with E-state index in [0.29, 0.717) is 12.8 Å². The summed E-state index contributed by atoms with van der Waals surface area (Å²) in [5.41, 5.74) is 9.62. The van der Waals surface area contributed by atoms with Gasteiger partial charge in [0.1, 0.15) is 12.2 Å². The molecule has 0 spiro atoms. The van der Waals surface area contributed by atoms with Gasteiger partial charge in [-0.2, -0.15) is 0 Å². The van der Waals surface area contributed by atoms with E-state index in [0.717, 1.165) is 25.7 Å². The molecule has 0 radical (unpaired) electrons. The molecule has 0 bridgehead atoms. The number of primary amides is 2. The van der Waals surface area contributed by atoms with Crippen molar-refractivity contribution in [2.24, 2.45) is 11.5 Å².